The SMILES string of the molecule is C/C(=N\NC(=O)C(C)C)C(C)(C)C. The third-order valence-corrected chi connectivity index (χ3v) is 1.94. The molecule has 0 spiro atoms. The molecule has 0 aliphatic rings. The van der Waals surface area contributed by atoms with Crippen LogP contribution in [-0.2, 0) is 4.79 Å². The summed E-state index contributed by atoms with van der Waals surface area (Å²) in [5, 5.41) is 4.03. The van der Waals surface area contributed by atoms with Gasteiger partial charge >= 0.3 is 0 Å². The molecule has 0 bridgehead atoms. The van der Waals surface area contributed by atoms with Crippen LogP contribution in [0.4, 0.5) is 0 Å². The summed E-state index contributed by atoms with van der Waals surface area (Å²) >= 11 is 0. The summed E-state index contributed by atoms with van der Waals surface area (Å²) in [7, 11) is 0. The zero-order valence-electron chi connectivity index (χ0n) is 9.43. The van der Waals surface area contributed by atoms with Gasteiger partial charge in [-0.3, -0.25) is 4.79 Å². The summed E-state index contributed by atoms with van der Waals surface area (Å²) < 4.78 is 0. The molecule has 1 amide bonds. The normalized spacial score (nSPS) is 13.3. The van der Waals surface area contributed by atoms with Gasteiger partial charge in [-0.05, 0) is 6.92 Å². The largest absolute Gasteiger partial charge is 0.273 e. The molecule has 1 N–H and O–H groups in total. The summed E-state index contributed by atoms with van der Waals surface area (Å²) in [4.78, 5) is 11.2. The summed E-state index contributed by atoms with van der Waals surface area (Å²) in [6, 6.07) is 0. The van der Waals surface area contributed by atoms with Gasteiger partial charge in [0.2, 0.25) is 5.91 Å². The standard InChI is InChI=1S/C10H20N2O/c1-7(2)9(13)12-11-8(3)10(4,5)6/h7H,1-6H3,(H,12,13)/b11-8+. The Bertz CT molecular complexity index is 211. The zero-order chi connectivity index (χ0) is 10.6. The van der Waals surface area contributed by atoms with Crippen molar-refractivity contribution in [2.45, 2.75) is 41.5 Å². The number of hydrazone groups is 1. The molecule has 0 saturated heterocycles. The van der Waals surface area contributed by atoms with Gasteiger partial charge in [-0.15, -0.1) is 0 Å². The van der Waals surface area contributed by atoms with Crippen molar-refractivity contribution in [2.75, 3.05) is 0 Å². The van der Waals surface area contributed by atoms with Crippen LogP contribution in [0.2, 0.25) is 0 Å². The highest BCUT2D eigenvalue weighted by Crippen LogP contribution is 2.14. The van der Waals surface area contributed by atoms with Gasteiger partial charge in [0.1, 0.15) is 0 Å². The van der Waals surface area contributed by atoms with Crippen LogP contribution in [0.3, 0.4) is 0 Å². The lowest BCUT2D eigenvalue weighted by atomic mass is 9.91. The van der Waals surface area contributed by atoms with E-state index in [1.165, 1.54) is 0 Å². The Balaban J connectivity index is 4.21. The average molecular weight is 184 g/mol. The van der Waals surface area contributed by atoms with Crippen molar-refractivity contribution in [1.29, 1.82) is 0 Å². The Hall–Kier alpha value is -0.860. The molecule has 0 unspecified atom stereocenters. The molecular weight excluding hydrogens is 164 g/mol. The van der Waals surface area contributed by atoms with Gasteiger partial charge in [-0.1, -0.05) is 34.6 Å². The highest BCUT2D eigenvalue weighted by Gasteiger charge is 2.14. The van der Waals surface area contributed by atoms with E-state index in [0.29, 0.717) is 0 Å². The predicted octanol–water partition coefficient (Wildman–Crippen LogP) is 2.18. The molecule has 0 aromatic heterocycles. The highest BCUT2D eigenvalue weighted by atomic mass is 16.2. The van der Waals surface area contributed by atoms with Crippen molar-refractivity contribution in [3.63, 3.8) is 0 Å². The van der Waals surface area contributed by atoms with Crippen LogP contribution in [0.25, 0.3) is 0 Å². The second-order valence-corrected chi connectivity index (χ2v) is 4.58. The van der Waals surface area contributed by atoms with Gasteiger partial charge in [-0.2, -0.15) is 5.10 Å². The van der Waals surface area contributed by atoms with Crippen LogP contribution in [0.5, 0.6) is 0 Å². The average Bonchev–Trinajstić information content (AvgIpc) is 1.97. The first-order chi connectivity index (χ1) is 5.75. The van der Waals surface area contributed by atoms with E-state index in [1.54, 1.807) is 0 Å². The molecule has 3 heteroatoms. The molecule has 13 heavy (non-hydrogen) atoms. The number of hydrogen-bond donors (Lipinski definition) is 1. The van der Waals surface area contributed by atoms with Crippen molar-refractivity contribution in [2.24, 2.45) is 16.4 Å². The van der Waals surface area contributed by atoms with Gasteiger partial charge in [0.15, 0.2) is 0 Å². The summed E-state index contributed by atoms with van der Waals surface area (Å²) in [5.74, 6) is -0.0554. The number of rotatable bonds is 2. The Labute approximate surface area is 80.6 Å². The van der Waals surface area contributed by atoms with Crippen LogP contribution in [0, 0.1) is 11.3 Å². The number of hydrogen-bond acceptors (Lipinski definition) is 2. The van der Waals surface area contributed by atoms with Crippen LogP contribution in [-0.4, -0.2) is 11.6 Å². The third kappa shape index (κ3) is 4.65. The van der Waals surface area contributed by atoms with Gasteiger partial charge in [0, 0.05) is 17.0 Å². The lowest BCUT2D eigenvalue weighted by Gasteiger charge is -2.17. The van der Waals surface area contributed by atoms with Gasteiger partial charge < -0.3 is 0 Å². The summed E-state index contributed by atoms with van der Waals surface area (Å²) in [6.45, 7) is 11.8. The summed E-state index contributed by atoms with van der Waals surface area (Å²) in [5.41, 5.74) is 3.49. The maximum absolute atomic E-state index is 11.2. The lowest BCUT2D eigenvalue weighted by Crippen LogP contribution is -2.27. The van der Waals surface area contributed by atoms with Crippen LogP contribution in [0.1, 0.15) is 41.5 Å². The fraction of sp³-hybridized carbons (Fsp3) is 0.800. The summed E-state index contributed by atoms with van der Waals surface area (Å²) in [6.07, 6.45) is 0. The zero-order valence-corrected chi connectivity index (χ0v) is 9.43. The molecular formula is C10H20N2O. The van der Waals surface area contributed by atoms with Crippen molar-refractivity contribution in [3.8, 4) is 0 Å². The number of carbonyl (C=O) groups excluding carboxylic acids is 1. The minimum absolute atomic E-state index is 0.0171. The molecule has 0 radical (unpaired) electrons. The van der Waals surface area contributed by atoms with Gasteiger partial charge in [-0.25, -0.2) is 5.43 Å². The van der Waals surface area contributed by atoms with E-state index < -0.39 is 0 Å². The van der Waals surface area contributed by atoms with E-state index in [1.807, 2.05) is 20.8 Å². The maximum atomic E-state index is 11.2. The number of amides is 1. The Morgan fingerprint density at radius 2 is 1.77 bits per heavy atom. The molecule has 76 valence electrons. The molecule has 0 rings (SSSR count). The van der Waals surface area contributed by atoms with E-state index in [0.717, 1.165) is 5.71 Å². The predicted molar refractivity (Wildman–Crippen MR) is 55.5 cm³/mol. The molecule has 0 fully saturated rings. The number of nitrogens with one attached hydrogen (secondary N) is 1. The van der Waals surface area contributed by atoms with Crippen molar-refractivity contribution in [1.82, 2.24) is 5.43 Å². The van der Waals surface area contributed by atoms with Crippen LogP contribution < -0.4 is 5.43 Å². The molecule has 0 aliphatic heterocycles. The Kier molecular flexibility index (Phi) is 4.11. The van der Waals surface area contributed by atoms with Gasteiger partial charge in [0.05, 0.1) is 0 Å². The van der Waals surface area contributed by atoms with E-state index >= 15 is 0 Å². The minimum Gasteiger partial charge on any atom is -0.273 e. The number of nitrogens with zero attached hydrogens (tertiary/aromatic N) is 1. The smallest absolute Gasteiger partial charge is 0.242 e. The second-order valence-electron chi connectivity index (χ2n) is 4.58. The van der Waals surface area contributed by atoms with Crippen LogP contribution in [0.15, 0.2) is 5.10 Å². The fourth-order valence-corrected chi connectivity index (χ4v) is 0.436. The lowest BCUT2D eigenvalue weighted by molar-refractivity contribution is -0.123. The Morgan fingerprint density at radius 3 is 2.08 bits per heavy atom. The first kappa shape index (κ1) is 12.1. The monoisotopic (exact) mass is 184 g/mol. The second kappa shape index (κ2) is 4.40. The molecule has 0 atom stereocenters. The van der Waals surface area contributed by atoms with Crippen molar-refractivity contribution < 1.29 is 4.79 Å². The van der Waals surface area contributed by atoms with E-state index in [2.05, 4.69) is 31.3 Å². The Morgan fingerprint density at radius 1 is 1.31 bits per heavy atom. The van der Waals surface area contributed by atoms with E-state index in [4.69, 9.17) is 0 Å². The topological polar surface area (TPSA) is 41.5 Å². The first-order valence-electron chi connectivity index (χ1n) is 4.59. The number of carbonyl (C=O) groups is 1. The van der Waals surface area contributed by atoms with Crippen LogP contribution >= 0.6 is 0 Å². The quantitative estimate of drug-likeness (QED) is 0.518. The molecule has 0 saturated carbocycles. The maximum Gasteiger partial charge on any atom is 0.242 e. The highest BCUT2D eigenvalue weighted by molar-refractivity contribution is 5.88. The molecule has 3 nitrogen and oxygen atoms in total. The van der Waals surface area contributed by atoms with Crippen molar-refractivity contribution >= 4 is 11.6 Å². The third-order valence-electron chi connectivity index (χ3n) is 1.94. The fourth-order valence-electron chi connectivity index (χ4n) is 0.436. The van der Waals surface area contributed by atoms with E-state index in [9.17, 15) is 4.79 Å². The van der Waals surface area contributed by atoms with E-state index in [-0.39, 0.29) is 17.2 Å². The molecule has 0 aliphatic carbocycles. The first-order valence-corrected chi connectivity index (χ1v) is 4.59. The minimum atomic E-state index is -0.0383. The van der Waals surface area contributed by atoms with Crippen molar-refractivity contribution in [3.05, 3.63) is 0 Å². The van der Waals surface area contributed by atoms with Gasteiger partial charge in [0.25, 0.3) is 0 Å². The molecule has 0 aromatic carbocycles. The molecule has 0 heterocycles. The molecule has 0 aromatic rings.